The molecule has 1 heterocycles. The Morgan fingerprint density at radius 3 is 2.48 bits per heavy atom. The highest BCUT2D eigenvalue weighted by atomic mass is 16.6. The fraction of sp³-hybridized carbons (Fsp3) is 0.300. The van der Waals surface area contributed by atoms with Gasteiger partial charge in [-0.15, -0.1) is 0 Å². The summed E-state index contributed by atoms with van der Waals surface area (Å²) in [5.41, 5.74) is 4.15. The van der Waals surface area contributed by atoms with Crippen LogP contribution in [0.25, 0.3) is 21.5 Å². The molecular formula is C20H18O3. The molecule has 3 aromatic rings. The number of aryl methyl sites for hydroxylation is 2. The third-order valence-electron chi connectivity index (χ3n) is 5.57. The normalized spacial score (nSPS) is 28.7. The third-order valence-corrected chi connectivity index (χ3v) is 5.57. The Hall–Kier alpha value is -1.94. The summed E-state index contributed by atoms with van der Waals surface area (Å²) in [6, 6.07) is 12.6. The number of aliphatic hydroxyl groups is 2. The zero-order valence-electron chi connectivity index (χ0n) is 13.1. The topological polar surface area (TPSA) is 53.0 Å². The summed E-state index contributed by atoms with van der Waals surface area (Å²) in [6.45, 7) is 4.14. The van der Waals surface area contributed by atoms with Crippen LogP contribution in [0.1, 0.15) is 34.5 Å². The van der Waals surface area contributed by atoms with Gasteiger partial charge in [-0.3, -0.25) is 0 Å². The van der Waals surface area contributed by atoms with E-state index < -0.39 is 12.2 Å². The lowest BCUT2D eigenvalue weighted by Gasteiger charge is -2.28. The SMILES string of the molecule is Cc1c2c(c(C)c3c1ccc1ccccc13)[C@@H]1OC1[C@@H](O)[C@@H]2O. The molecule has 3 heteroatoms. The Morgan fingerprint density at radius 2 is 1.65 bits per heavy atom. The van der Waals surface area contributed by atoms with Crippen LogP contribution in [-0.2, 0) is 4.74 Å². The minimum absolute atomic E-state index is 0.0783. The Morgan fingerprint density at radius 1 is 0.870 bits per heavy atom. The predicted molar refractivity (Wildman–Crippen MR) is 89.5 cm³/mol. The van der Waals surface area contributed by atoms with Crippen LogP contribution in [0.2, 0.25) is 0 Å². The number of aliphatic hydroxyl groups excluding tert-OH is 2. The highest BCUT2D eigenvalue weighted by molar-refractivity contribution is 6.11. The maximum atomic E-state index is 10.6. The van der Waals surface area contributed by atoms with Crippen molar-refractivity contribution in [2.24, 2.45) is 0 Å². The Bertz CT molecular complexity index is 976. The van der Waals surface area contributed by atoms with Gasteiger partial charge in [0.05, 0.1) is 0 Å². The van der Waals surface area contributed by atoms with Crippen molar-refractivity contribution in [3.8, 4) is 0 Å². The summed E-state index contributed by atoms with van der Waals surface area (Å²) in [5.74, 6) is 0. The molecule has 3 aromatic carbocycles. The summed E-state index contributed by atoms with van der Waals surface area (Å²) in [4.78, 5) is 0. The monoisotopic (exact) mass is 306 g/mol. The molecule has 0 amide bonds. The summed E-state index contributed by atoms with van der Waals surface area (Å²) in [5, 5.41) is 25.6. The van der Waals surface area contributed by atoms with Crippen molar-refractivity contribution < 1.29 is 14.9 Å². The van der Waals surface area contributed by atoms with Crippen molar-refractivity contribution in [3.63, 3.8) is 0 Å². The first-order valence-corrected chi connectivity index (χ1v) is 8.05. The summed E-state index contributed by atoms with van der Waals surface area (Å²) in [7, 11) is 0. The molecule has 1 saturated heterocycles. The zero-order chi connectivity index (χ0) is 15.9. The van der Waals surface area contributed by atoms with Crippen molar-refractivity contribution >= 4 is 21.5 Å². The van der Waals surface area contributed by atoms with E-state index in [9.17, 15) is 10.2 Å². The highest BCUT2D eigenvalue weighted by Gasteiger charge is 2.55. The van der Waals surface area contributed by atoms with Crippen LogP contribution in [0.4, 0.5) is 0 Å². The van der Waals surface area contributed by atoms with Crippen LogP contribution >= 0.6 is 0 Å². The van der Waals surface area contributed by atoms with E-state index in [1.54, 1.807) is 0 Å². The molecule has 1 fully saturated rings. The third kappa shape index (κ3) is 1.59. The second-order valence-electron chi connectivity index (χ2n) is 6.74. The van der Waals surface area contributed by atoms with Crippen LogP contribution in [0.15, 0.2) is 36.4 Å². The number of hydrogen-bond donors (Lipinski definition) is 2. The lowest BCUT2D eigenvalue weighted by atomic mass is 9.79. The van der Waals surface area contributed by atoms with Crippen LogP contribution in [0.3, 0.4) is 0 Å². The van der Waals surface area contributed by atoms with Crippen molar-refractivity contribution in [2.75, 3.05) is 0 Å². The van der Waals surface area contributed by atoms with Crippen LogP contribution in [-0.4, -0.2) is 22.4 Å². The van der Waals surface area contributed by atoms with Gasteiger partial charge < -0.3 is 14.9 Å². The maximum Gasteiger partial charge on any atom is 0.118 e. The molecule has 0 aromatic heterocycles. The molecule has 5 rings (SSSR count). The van der Waals surface area contributed by atoms with Gasteiger partial charge in [-0.1, -0.05) is 36.4 Å². The standard InChI is InChI=1S/C20H18O3/c1-9-12-8-7-11-5-3-4-6-13(11)14(12)10(2)16-15(9)17(21)18(22)20-19(16)23-20/h3-8,17-22H,1-2H3/t17-,18+,19+,20?/m1/s1. The number of hydrogen-bond acceptors (Lipinski definition) is 3. The predicted octanol–water partition coefficient (Wildman–Crippen LogP) is 3.46. The number of epoxide rings is 1. The first kappa shape index (κ1) is 13.5. The average Bonchev–Trinajstić information content (AvgIpc) is 3.35. The minimum Gasteiger partial charge on any atom is -0.387 e. The van der Waals surface area contributed by atoms with E-state index in [-0.39, 0.29) is 12.2 Å². The second-order valence-corrected chi connectivity index (χ2v) is 6.74. The number of rotatable bonds is 0. The molecule has 2 N–H and O–H groups in total. The van der Waals surface area contributed by atoms with Gasteiger partial charge in [0.1, 0.15) is 24.4 Å². The van der Waals surface area contributed by atoms with Crippen LogP contribution in [0, 0.1) is 13.8 Å². The van der Waals surface area contributed by atoms with E-state index in [1.165, 1.54) is 16.2 Å². The van der Waals surface area contributed by atoms with E-state index in [0.717, 1.165) is 27.6 Å². The molecule has 2 aliphatic rings. The van der Waals surface area contributed by atoms with Gasteiger partial charge in [0.15, 0.2) is 0 Å². The minimum atomic E-state index is -0.872. The molecule has 0 radical (unpaired) electrons. The molecule has 1 aliphatic carbocycles. The van der Waals surface area contributed by atoms with E-state index in [2.05, 4.69) is 43.3 Å². The lowest BCUT2D eigenvalue weighted by Crippen LogP contribution is -2.30. The number of benzene rings is 3. The smallest absolute Gasteiger partial charge is 0.118 e. The molecule has 1 aliphatic heterocycles. The van der Waals surface area contributed by atoms with Crippen LogP contribution < -0.4 is 0 Å². The van der Waals surface area contributed by atoms with Crippen molar-refractivity contribution in [1.29, 1.82) is 0 Å². The number of fused-ring (bicyclic) bond motifs is 6. The Labute approximate surface area is 134 Å². The van der Waals surface area contributed by atoms with E-state index in [1.807, 2.05) is 6.92 Å². The molecule has 116 valence electrons. The summed E-state index contributed by atoms with van der Waals surface area (Å²) < 4.78 is 5.67. The lowest BCUT2D eigenvalue weighted by molar-refractivity contribution is -0.000298. The molecule has 4 atom stereocenters. The molecule has 23 heavy (non-hydrogen) atoms. The average molecular weight is 306 g/mol. The van der Waals surface area contributed by atoms with E-state index >= 15 is 0 Å². The van der Waals surface area contributed by atoms with Crippen LogP contribution in [0.5, 0.6) is 0 Å². The fourth-order valence-corrected chi connectivity index (χ4v) is 4.39. The molecule has 0 bridgehead atoms. The molecular weight excluding hydrogens is 288 g/mol. The van der Waals surface area contributed by atoms with Gasteiger partial charge in [-0.2, -0.15) is 0 Å². The van der Waals surface area contributed by atoms with Crippen molar-refractivity contribution in [3.05, 3.63) is 58.7 Å². The largest absolute Gasteiger partial charge is 0.387 e. The molecule has 0 saturated carbocycles. The van der Waals surface area contributed by atoms with Gasteiger partial charge in [0.2, 0.25) is 0 Å². The first-order chi connectivity index (χ1) is 11.1. The second kappa shape index (κ2) is 4.32. The summed E-state index contributed by atoms with van der Waals surface area (Å²) in [6.07, 6.45) is -2.04. The van der Waals surface area contributed by atoms with Gasteiger partial charge in [0, 0.05) is 0 Å². The Kier molecular flexibility index (Phi) is 2.54. The first-order valence-electron chi connectivity index (χ1n) is 8.05. The van der Waals surface area contributed by atoms with Crippen molar-refractivity contribution in [1.82, 2.24) is 0 Å². The fourth-order valence-electron chi connectivity index (χ4n) is 4.39. The molecule has 1 unspecified atom stereocenters. The van der Waals surface area contributed by atoms with E-state index in [4.69, 9.17) is 4.74 Å². The van der Waals surface area contributed by atoms with Crippen molar-refractivity contribution in [2.45, 2.75) is 38.3 Å². The molecule has 0 spiro atoms. The van der Waals surface area contributed by atoms with Gasteiger partial charge in [0.25, 0.3) is 0 Å². The van der Waals surface area contributed by atoms with E-state index in [0.29, 0.717) is 0 Å². The van der Waals surface area contributed by atoms with Gasteiger partial charge >= 0.3 is 0 Å². The number of ether oxygens (including phenoxy) is 1. The highest BCUT2D eigenvalue weighted by Crippen LogP contribution is 2.54. The quantitative estimate of drug-likeness (QED) is 0.494. The maximum absolute atomic E-state index is 10.6. The van der Waals surface area contributed by atoms with Gasteiger partial charge in [-0.05, 0) is 57.6 Å². The molecule has 3 nitrogen and oxygen atoms in total. The summed E-state index contributed by atoms with van der Waals surface area (Å²) >= 11 is 0. The van der Waals surface area contributed by atoms with Gasteiger partial charge in [-0.25, -0.2) is 0 Å². The Balaban J connectivity index is 1.98. The zero-order valence-corrected chi connectivity index (χ0v) is 13.1.